The fourth-order valence-corrected chi connectivity index (χ4v) is 3.73. The van der Waals surface area contributed by atoms with Gasteiger partial charge in [0.15, 0.2) is 4.96 Å². The zero-order valence-corrected chi connectivity index (χ0v) is 13.5. The molecule has 0 radical (unpaired) electrons. The summed E-state index contributed by atoms with van der Waals surface area (Å²) < 4.78 is 2.16. The highest BCUT2D eigenvalue weighted by molar-refractivity contribution is 7.17. The normalized spacial score (nSPS) is 11.0. The van der Waals surface area contributed by atoms with Crippen LogP contribution in [0, 0.1) is 39.0 Å². The minimum absolute atomic E-state index is 0.390. The summed E-state index contributed by atoms with van der Waals surface area (Å²) in [6.45, 7) is 8.35. The van der Waals surface area contributed by atoms with Gasteiger partial charge in [0, 0.05) is 4.88 Å². The molecule has 0 saturated heterocycles. The second kappa shape index (κ2) is 5.01. The molecule has 0 aliphatic heterocycles. The van der Waals surface area contributed by atoms with E-state index in [1.54, 1.807) is 11.3 Å². The maximum absolute atomic E-state index is 9.08. The first-order valence-electron chi connectivity index (χ1n) is 6.95. The molecule has 0 atom stereocenters. The SMILES string of the molecule is Cc1ccc(-c2c(C)sc3nc(C)c(CC#N)n23)cc1C. The van der Waals surface area contributed by atoms with Crippen molar-refractivity contribution in [3.05, 3.63) is 45.6 Å². The van der Waals surface area contributed by atoms with Gasteiger partial charge in [-0.25, -0.2) is 4.98 Å². The molecule has 3 aromatic rings. The van der Waals surface area contributed by atoms with Crippen LogP contribution in [0.15, 0.2) is 18.2 Å². The molecule has 0 aliphatic carbocycles. The second-order valence-electron chi connectivity index (χ2n) is 5.40. The van der Waals surface area contributed by atoms with Crippen molar-refractivity contribution in [2.45, 2.75) is 34.1 Å². The van der Waals surface area contributed by atoms with Gasteiger partial charge in [-0.3, -0.25) is 4.40 Å². The van der Waals surface area contributed by atoms with E-state index in [9.17, 15) is 0 Å². The first kappa shape index (κ1) is 13.8. The highest BCUT2D eigenvalue weighted by Gasteiger charge is 2.18. The minimum Gasteiger partial charge on any atom is -0.286 e. The lowest BCUT2D eigenvalue weighted by Gasteiger charge is -2.08. The Kier molecular flexibility index (Phi) is 3.30. The highest BCUT2D eigenvalue weighted by Crippen LogP contribution is 2.34. The van der Waals surface area contributed by atoms with E-state index in [0.29, 0.717) is 6.42 Å². The van der Waals surface area contributed by atoms with Gasteiger partial charge in [0.05, 0.1) is 29.6 Å². The Bertz CT molecular complexity index is 878. The van der Waals surface area contributed by atoms with Gasteiger partial charge in [0.1, 0.15) is 0 Å². The molecule has 3 rings (SSSR count). The molecule has 0 fully saturated rings. The second-order valence-corrected chi connectivity index (χ2v) is 6.58. The number of aromatic nitrogens is 2. The third-order valence-corrected chi connectivity index (χ3v) is 4.93. The molecule has 0 spiro atoms. The Morgan fingerprint density at radius 3 is 2.62 bits per heavy atom. The first-order valence-corrected chi connectivity index (χ1v) is 7.76. The van der Waals surface area contributed by atoms with Gasteiger partial charge in [-0.2, -0.15) is 5.26 Å². The van der Waals surface area contributed by atoms with E-state index in [1.807, 2.05) is 6.92 Å². The predicted octanol–water partition coefficient (Wildman–Crippen LogP) is 4.36. The summed E-state index contributed by atoms with van der Waals surface area (Å²) in [6.07, 6.45) is 0.390. The summed E-state index contributed by atoms with van der Waals surface area (Å²) >= 11 is 1.69. The summed E-state index contributed by atoms with van der Waals surface area (Å²) in [6, 6.07) is 8.78. The molecule has 4 heteroatoms. The number of nitriles is 1. The van der Waals surface area contributed by atoms with Gasteiger partial charge in [0.25, 0.3) is 0 Å². The molecule has 2 heterocycles. The van der Waals surface area contributed by atoms with Gasteiger partial charge in [0.2, 0.25) is 0 Å². The van der Waals surface area contributed by atoms with Crippen LogP contribution in [-0.2, 0) is 6.42 Å². The molecule has 0 saturated carbocycles. The monoisotopic (exact) mass is 295 g/mol. The lowest BCUT2D eigenvalue weighted by Crippen LogP contribution is -1.96. The standard InChI is InChI=1S/C17H17N3S/c1-10-5-6-14(9-11(10)2)16-13(4)21-17-19-12(3)15(7-8-18)20(16)17/h5-6,9H,7H2,1-4H3. The van der Waals surface area contributed by atoms with Crippen molar-refractivity contribution in [3.8, 4) is 17.3 Å². The Labute approximate surface area is 128 Å². The van der Waals surface area contributed by atoms with Gasteiger partial charge in [-0.1, -0.05) is 12.1 Å². The number of hydrogen-bond donors (Lipinski definition) is 0. The van der Waals surface area contributed by atoms with Crippen LogP contribution in [0.1, 0.15) is 27.4 Å². The molecular formula is C17H17N3S. The van der Waals surface area contributed by atoms with E-state index >= 15 is 0 Å². The summed E-state index contributed by atoms with van der Waals surface area (Å²) in [5.74, 6) is 0. The number of rotatable bonds is 2. The zero-order valence-electron chi connectivity index (χ0n) is 12.7. The molecule has 3 nitrogen and oxygen atoms in total. The van der Waals surface area contributed by atoms with E-state index < -0.39 is 0 Å². The predicted molar refractivity (Wildman–Crippen MR) is 86.8 cm³/mol. The summed E-state index contributed by atoms with van der Waals surface area (Å²) in [4.78, 5) is 6.82. The third-order valence-electron chi connectivity index (χ3n) is 3.97. The van der Waals surface area contributed by atoms with Crippen LogP contribution in [0.2, 0.25) is 0 Å². The molecule has 2 aromatic heterocycles. The maximum atomic E-state index is 9.08. The third kappa shape index (κ3) is 2.14. The molecule has 0 bridgehead atoms. The number of aryl methyl sites for hydroxylation is 4. The van der Waals surface area contributed by atoms with E-state index in [0.717, 1.165) is 16.3 Å². The fraction of sp³-hybridized carbons (Fsp3) is 0.294. The van der Waals surface area contributed by atoms with Crippen molar-refractivity contribution in [3.63, 3.8) is 0 Å². The van der Waals surface area contributed by atoms with Crippen LogP contribution in [0.25, 0.3) is 16.2 Å². The first-order chi connectivity index (χ1) is 10.0. The molecule has 0 aliphatic rings. The van der Waals surface area contributed by atoms with E-state index in [1.165, 1.54) is 27.3 Å². The fourth-order valence-electron chi connectivity index (χ4n) is 2.68. The van der Waals surface area contributed by atoms with Crippen molar-refractivity contribution in [2.75, 3.05) is 0 Å². The number of hydrogen-bond acceptors (Lipinski definition) is 3. The summed E-state index contributed by atoms with van der Waals surface area (Å²) in [5, 5.41) is 9.08. The quantitative estimate of drug-likeness (QED) is 0.704. The van der Waals surface area contributed by atoms with Gasteiger partial charge in [-0.15, -0.1) is 11.3 Å². The van der Waals surface area contributed by atoms with Crippen LogP contribution in [0.4, 0.5) is 0 Å². The van der Waals surface area contributed by atoms with Crippen LogP contribution in [0.5, 0.6) is 0 Å². The van der Waals surface area contributed by atoms with Crippen LogP contribution >= 0.6 is 11.3 Å². The van der Waals surface area contributed by atoms with E-state index in [2.05, 4.69) is 54.4 Å². The van der Waals surface area contributed by atoms with Crippen molar-refractivity contribution in [2.24, 2.45) is 0 Å². The average Bonchev–Trinajstić information content (AvgIpc) is 2.89. The average molecular weight is 295 g/mol. The van der Waals surface area contributed by atoms with Gasteiger partial charge >= 0.3 is 0 Å². The Hall–Kier alpha value is -2.12. The molecule has 1 aromatic carbocycles. The van der Waals surface area contributed by atoms with Crippen LogP contribution in [-0.4, -0.2) is 9.38 Å². The molecule has 0 unspecified atom stereocenters. The van der Waals surface area contributed by atoms with Crippen LogP contribution < -0.4 is 0 Å². The van der Waals surface area contributed by atoms with Crippen LogP contribution in [0.3, 0.4) is 0 Å². The smallest absolute Gasteiger partial charge is 0.194 e. The molecular weight excluding hydrogens is 278 g/mol. The number of nitrogens with zero attached hydrogens (tertiary/aromatic N) is 3. The summed E-state index contributed by atoms with van der Waals surface area (Å²) in [5.41, 5.74) is 6.90. The highest BCUT2D eigenvalue weighted by atomic mass is 32.1. The lowest BCUT2D eigenvalue weighted by molar-refractivity contribution is 1.05. The number of imidazole rings is 1. The van der Waals surface area contributed by atoms with E-state index in [4.69, 9.17) is 5.26 Å². The molecule has 106 valence electrons. The minimum atomic E-state index is 0.390. The van der Waals surface area contributed by atoms with Crippen molar-refractivity contribution in [1.82, 2.24) is 9.38 Å². The Balaban J connectivity index is 2.33. The van der Waals surface area contributed by atoms with Crippen molar-refractivity contribution < 1.29 is 0 Å². The van der Waals surface area contributed by atoms with Crippen molar-refractivity contribution in [1.29, 1.82) is 5.26 Å². The topological polar surface area (TPSA) is 41.1 Å². The largest absolute Gasteiger partial charge is 0.286 e. The number of benzene rings is 1. The van der Waals surface area contributed by atoms with Gasteiger partial charge in [-0.05, 0) is 50.5 Å². The Morgan fingerprint density at radius 1 is 1.19 bits per heavy atom. The molecule has 21 heavy (non-hydrogen) atoms. The maximum Gasteiger partial charge on any atom is 0.194 e. The number of fused-ring (bicyclic) bond motifs is 1. The molecule has 0 N–H and O–H groups in total. The van der Waals surface area contributed by atoms with Crippen molar-refractivity contribution >= 4 is 16.3 Å². The zero-order chi connectivity index (χ0) is 15.1. The number of thiazole rings is 1. The van der Waals surface area contributed by atoms with Gasteiger partial charge < -0.3 is 0 Å². The molecule has 0 amide bonds. The lowest BCUT2D eigenvalue weighted by atomic mass is 10.0. The summed E-state index contributed by atoms with van der Waals surface area (Å²) in [7, 11) is 0. The van der Waals surface area contributed by atoms with E-state index in [-0.39, 0.29) is 0 Å². The Morgan fingerprint density at radius 2 is 1.95 bits per heavy atom.